The molecule has 0 bridgehead atoms. The number of nitrogens with zero attached hydrogens (tertiary/aromatic N) is 4. The van der Waals surface area contributed by atoms with Crippen molar-refractivity contribution in [1.29, 1.82) is 0 Å². The second-order valence-corrected chi connectivity index (χ2v) is 8.88. The Labute approximate surface area is 210 Å². The van der Waals surface area contributed by atoms with Crippen molar-refractivity contribution < 1.29 is 14.3 Å². The van der Waals surface area contributed by atoms with Crippen molar-refractivity contribution in [2.75, 3.05) is 43.5 Å². The van der Waals surface area contributed by atoms with Gasteiger partial charge in [-0.1, -0.05) is 30.3 Å². The van der Waals surface area contributed by atoms with Gasteiger partial charge in [0.1, 0.15) is 11.4 Å². The van der Waals surface area contributed by atoms with E-state index >= 15 is 0 Å². The van der Waals surface area contributed by atoms with Crippen LogP contribution in [-0.4, -0.2) is 59.4 Å². The molecule has 9 nitrogen and oxygen atoms in total. The first-order chi connectivity index (χ1) is 17.4. The highest BCUT2D eigenvalue weighted by Gasteiger charge is 2.23. The SMILES string of the molecule is COc1ccccc1N1CCN(C(=O)CCCC(=O)Nc2c(C)n(C)n(-c3ccccc3)c2=O)CC1. The van der Waals surface area contributed by atoms with E-state index in [0.29, 0.717) is 31.6 Å². The number of rotatable bonds is 8. The van der Waals surface area contributed by atoms with E-state index in [1.165, 1.54) is 4.68 Å². The highest BCUT2D eigenvalue weighted by atomic mass is 16.5. The average Bonchev–Trinajstić information content (AvgIpc) is 3.12. The van der Waals surface area contributed by atoms with Gasteiger partial charge < -0.3 is 19.9 Å². The number of carbonyl (C=O) groups is 2. The third kappa shape index (κ3) is 5.30. The van der Waals surface area contributed by atoms with Crippen molar-refractivity contribution in [3.8, 4) is 11.4 Å². The number of amides is 2. The number of ether oxygens (including phenoxy) is 1. The molecule has 2 aromatic carbocycles. The number of piperazine rings is 1. The van der Waals surface area contributed by atoms with Crippen molar-refractivity contribution in [3.63, 3.8) is 0 Å². The summed E-state index contributed by atoms with van der Waals surface area (Å²) in [5.74, 6) is 0.604. The van der Waals surface area contributed by atoms with E-state index in [9.17, 15) is 14.4 Å². The van der Waals surface area contributed by atoms with Crippen molar-refractivity contribution in [1.82, 2.24) is 14.3 Å². The van der Waals surface area contributed by atoms with Crippen molar-refractivity contribution >= 4 is 23.2 Å². The maximum absolute atomic E-state index is 13.0. The molecule has 0 aliphatic carbocycles. The Morgan fingerprint density at radius 3 is 2.31 bits per heavy atom. The van der Waals surface area contributed by atoms with Crippen molar-refractivity contribution in [2.24, 2.45) is 7.05 Å². The van der Waals surface area contributed by atoms with Crippen LogP contribution in [0.3, 0.4) is 0 Å². The summed E-state index contributed by atoms with van der Waals surface area (Å²) >= 11 is 0. The van der Waals surface area contributed by atoms with E-state index in [0.717, 1.165) is 30.2 Å². The van der Waals surface area contributed by atoms with Gasteiger partial charge in [-0.25, -0.2) is 4.68 Å². The number of benzene rings is 2. The number of nitrogens with one attached hydrogen (secondary N) is 1. The fourth-order valence-electron chi connectivity index (χ4n) is 4.56. The minimum atomic E-state index is -0.279. The van der Waals surface area contributed by atoms with E-state index in [1.54, 1.807) is 25.8 Å². The van der Waals surface area contributed by atoms with Gasteiger partial charge in [0.25, 0.3) is 5.56 Å². The fourth-order valence-corrected chi connectivity index (χ4v) is 4.56. The predicted molar refractivity (Wildman–Crippen MR) is 140 cm³/mol. The first kappa shape index (κ1) is 25.1. The summed E-state index contributed by atoms with van der Waals surface area (Å²) in [6.45, 7) is 4.52. The van der Waals surface area contributed by atoms with Crippen LogP contribution in [-0.2, 0) is 16.6 Å². The second-order valence-electron chi connectivity index (χ2n) is 8.88. The molecule has 36 heavy (non-hydrogen) atoms. The number of carbonyl (C=O) groups excluding carboxylic acids is 2. The Hall–Kier alpha value is -4.01. The lowest BCUT2D eigenvalue weighted by Crippen LogP contribution is -2.48. The minimum absolute atomic E-state index is 0.0461. The molecule has 9 heteroatoms. The monoisotopic (exact) mass is 491 g/mol. The molecule has 190 valence electrons. The molecule has 0 saturated carbocycles. The summed E-state index contributed by atoms with van der Waals surface area (Å²) in [7, 11) is 3.44. The van der Waals surface area contributed by atoms with Crippen LogP contribution < -0.4 is 20.5 Å². The third-order valence-corrected chi connectivity index (χ3v) is 6.67. The van der Waals surface area contributed by atoms with E-state index in [1.807, 2.05) is 59.5 Å². The Morgan fingerprint density at radius 2 is 1.61 bits per heavy atom. The highest BCUT2D eigenvalue weighted by Crippen LogP contribution is 2.28. The first-order valence-electron chi connectivity index (χ1n) is 12.2. The van der Waals surface area contributed by atoms with E-state index in [4.69, 9.17) is 4.74 Å². The molecule has 0 radical (unpaired) electrons. The molecule has 0 spiro atoms. The second kappa shape index (κ2) is 11.2. The average molecular weight is 492 g/mol. The summed E-state index contributed by atoms with van der Waals surface area (Å²) in [5.41, 5.74) is 2.42. The van der Waals surface area contributed by atoms with Crippen LogP contribution in [0.25, 0.3) is 5.69 Å². The molecular weight excluding hydrogens is 458 g/mol. The predicted octanol–water partition coefficient (Wildman–Crippen LogP) is 2.95. The van der Waals surface area contributed by atoms with Crippen LogP contribution in [0, 0.1) is 6.92 Å². The molecule has 1 aromatic heterocycles. The van der Waals surface area contributed by atoms with Crippen molar-refractivity contribution in [2.45, 2.75) is 26.2 Å². The van der Waals surface area contributed by atoms with Gasteiger partial charge in [0.15, 0.2) is 0 Å². The lowest BCUT2D eigenvalue weighted by Gasteiger charge is -2.36. The lowest BCUT2D eigenvalue weighted by atomic mass is 10.2. The topological polar surface area (TPSA) is 88.8 Å². The van der Waals surface area contributed by atoms with Crippen LogP contribution in [0.15, 0.2) is 59.4 Å². The minimum Gasteiger partial charge on any atom is -0.495 e. The molecule has 3 aromatic rings. The number of aromatic nitrogens is 2. The summed E-state index contributed by atoms with van der Waals surface area (Å²) in [5, 5.41) is 2.76. The Bertz CT molecular complexity index is 1270. The molecule has 1 aliphatic heterocycles. The van der Waals surface area contributed by atoms with E-state index in [2.05, 4.69) is 10.2 Å². The lowest BCUT2D eigenvalue weighted by molar-refractivity contribution is -0.131. The molecule has 0 unspecified atom stereocenters. The molecule has 1 saturated heterocycles. The third-order valence-electron chi connectivity index (χ3n) is 6.67. The van der Waals surface area contributed by atoms with Gasteiger partial charge in [-0.05, 0) is 37.6 Å². The van der Waals surface area contributed by atoms with Crippen LogP contribution >= 0.6 is 0 Å². The number of anilines is 2. The zero-order chi connectivity index (χ0) is 25.7. The summed E-state index contributed by atoms with van der Waals surface area (Å²) in [4.78, 5) is 42.3. The molecular formula is C27H33N5O4. The summed E-state index contributed by atoms with van der Waals surface area (Å²) in [6.07, 6.45) is 0.895. The quantitative estimate of drug-likeness (QED) is 0.524. The molecule has 2 heterocycles. The summed E-state index contributed by atoms with van der Waals surface area (Å²) in [6, 6.07) is 17.2. The number of para-hydroxylation sites is 3. The number of hydrogen-bond acceptors (Lipinski definition) is 5. The Morgan fingerprint density at radius 1 is 0.944 bits per heavy atom. The molecule has 2 amide bonds. The van der Waals surface area contributed by atoms with Crippen LogP contribution in [0.5, 0.6) is 5.75 Å². The zero-order valence-electron chi connectivity index (χ0n) is 21.1. The Kier molecular flexibility index (Phi) is 7.77. The summed E-state index contributed by atoms with van der Waals surface area (Å²) < 4.78 is 8.70. The van der Waals surface area contributed by atoms with Crippen LogP contribution in [0.4, 0.5) is 11.4 Å². The van der Waals surface area contributed by atoms with Gasteiger partial charge in [-0.15, -0.1) is 0 Å². The van der Waals surface area contributed by atoms with Gasteiger partial charge in [-0.2, -0.15) is 0 Å². The Balaban J connectivity index is 1.27. The molecule has 0 atom stereocenters. The van der Waals surface area contributed by atoms with Crippen LogP contribution in [0.2, 0.25) is 0 Å². The molecule has 4 rings (SSSR count). The largest absolute Gasteiger partial charge is 0.495 e. The standard InChI is InChI=1S/C27H33N5O4/c1-20-26(27(35)32(29(20)2)21-10-5-4-6-11-21)28-24(33)14-9-15-25(34)31-18-16-30(17-19-31)22-12-7-8-13-23(22)36-3/h4-8,10-13H,9,14-19H2,1-3H3,(H,28,33). The first-order valence-corrected chi connectivity index (χ1v) is 12.2. The number of methoxy groups -OCH3 is 1. The number of hydrogen-bond donors (Lipinski definition) is 1. The van der Waals surface area contributed by atoms with E-state index in [-0.39, 0.29) is 29.5 Å². The van der Waals surface area contributed by atoms with Crippen molar-refractivity contribution in [3.05, 3.63) is 70.6 Å². The van der Waals surface area contributed by atoms with Gasteiger partial charge in [0.05, 0.1) is 24.2 Å². The van der Waals surface area contributed by atoms with Gasteiger partial charge >= 0.3 is 0 Å². The zero-order valence-corrected chi connectivity index (χ0v) is 21.1. The fraction of sp³-hybridized carbons (Fsp3) is 0.370. The van der Waals surface area contributed by atoms with E-state index < -0.39 is 0 Å². The smallest absolute Gasteiger partial charge is 0.295 e. The van der Waals surface area contributed by atoms with Gasteiger partial charge in [0.2, 0.25) is 11.8 Å². The maximum atomic E-state index is 13.0. The van der Waals surface area contributed by atoms with Gasteiger partial charge in [-0.3, -0.25) is 19.1 Å². The maximum Gasteiger partial charge on any atom is 0.295 e. The molecule has 1 fully saturated rings. The normalized spacial score (nSPS) is 13.5. The highest BCUT2D eigenvalue weighted by molar-refractivity contribution is 5.91. The molecule has 1 N–H and O–H groups in total. The molecule has 1 aliphatic rings. The van der Waals surface area contributed by atoms with Gasteiger partial charge in [0, 0.05) is 46.1 Å². The van der Waals surface area contributed by atoms with Crippen LogP contribution in [0.1, 0.15) is 25.0 Å².